The lowest BCUT2D eigenvalue weighted by atomic mass is 10.3. The van der Waals surface area contributed by atoms with Gasteiger partial charge in [-0.25, -0.2) is 4.79 Å². The molecule has 0 aliphatic rings. The zero-order chi connectivity index (χ0) is 20.3. The number of carbonyl (C=O) groups excluding carboxylic acids is 1. The van der Waals surface area contributed by atoms with Crippen LogP contribution >= 0.6 is 15.9 Å². The van der Waals surface area contributed by atoms with Gasteiger partial charge in [0.25, 0.3) is 0 Å². The predicted octanol–water partition coefficient (Wildman–Crippen LogP) is 3.53. The van der Waals surface area contributed by atoms with Crippen LogP contribution in [0.4, 0.5) is 20.2 Å². The Hall–Kier alpha value is -2.24. The van der Waals surface area contributed by atoms with Crippen molar-refractivity contribution in [3.8, 4) is 0 Å². The molecule has 0 bridgehead atoms. The van der Waals surface area contributed by atoms with Crippen molar-refractivity contribution in [2.75, 3.05) is 22.8 Å². The molecule has 0 aliphatic carbocycles. The molecule has 0 atom stereocenters. The van der Waals surface area contributed by atoms with Gasteiger partial charge in [-0.15, -0.1) is 0 Å². The van der Waals surface area contributed by atoms with E-state index in [0.717, 1.165) is 11.4 Å². The largest absolute Gasteiger partial charge is 0.465 e. The molecular formula is C16H17BrF2N2O5S. The zero-order valence-electron chi connectivity index (χ0n) is 13.8. The minimum atomic E-state index is -5.76. The van der Waals surface area contributed by atoms with Gasteiger partial charge < -0.3 is 15.6 Å². The lowest BCUT2D eigenvalue weighted by Gasteiger charge is -2.10. The first kappa shape index (κ1) is 22.8. The van der Waals surface area contributed by atoms with E-state index in [-0.39, 0.29) is 5.33 Å². The molecule has 2 aromatic carbocycles. The number of hydrazine groups is 1. The van der Waals surface area contributed by atoms with E-state index in [1.54, 1.807) is 0 Å². The number of benzene rings is 2. The third kappa shape index (κ3) is 7.89. The topological polar surface area (TPSA) is 105 Å². The van der Waals surface area contributed by atoms with Crippen molar-refractivity contribution >= 4 is 43.4 Å². The van der Waals surface area contributed by atoms with Gasteiger partial charge >= 0.3 is 21.3 Å². The van der Waals surface area contributed by atoms with Gasteiger partial charge in [0.2, 0.25) is 0 Å². The van der Waals surface area contributed by atoms with Gasteiger partial charge in [0.1, 0.15) is 6.61 Å². The number of para-hydroxylation sites is 2. The van der Waals surface area contributed by atoms with E-state index in [9.17, 15) is 22.0 Å². The number of ether oxygens (including phenoxy) is 1. The van der Waals surface area contributed by atoms with E-state index >= 15 is 0 Å². The highest BCUT2D eigenvalue weighted by Gasteiger charge is 2.54. The third-order valence-corrected chi connectivity index (χ3v) is 3.91. The zero-order valence-corrected chi connectivity index (χ0v) is 16.2. The highest BCUT2D eigenvalue weighted by atomic mass is 79.9. The van der Waals surface area contributed by atoms with Gasteiger partial charge in [0.05, 0.1) is 11.4 Å². The van der Waals surface area contributed by atoms with Crippen molar-refractivity contribution in [3.05, 3.63) is 60.7 Å². The molecule has 7 nitrogen and oxygen atoms in total. The van der Waals surface area contributed by atoms with E-state index in [4.69, 9.17) is 4.55 Å². The number of hydrogen-bond donors (Lipinski definition) is 3. The van der Waals surface area contributed by atoms with Gasteiger partial charge in [-0.1, -0.05) is 52.3 Å². The second kappa shape index (κ2) is 10.8. The summed E-state index contributed by atoms with van der Waals surface area (Å²) >= 11 is 2.76. The molecule has 0 aromatic heterocycles. The first-order valence-corrected chi connectivity index (χ1v) is 9.95. The van der Waals surface area contributed by atoms with Crippen molar-refractivity contribution in [2.24, 2.45) is 0 Å². The van der Waals surface area contributed by atoms with E-state index in [2.05, 4.69) is 31.5 Å². The predicted molar refractivity (Wildman–Crippen MR) is 101 cm³/mol. The average Bonchev–Trinajstić information content (AvgIpc) is 2.65. The second-order valence-electron chi connectivity index (χ2n) is 4.80. The quantitative estimate of drug-likeness (QED) is 0.248. The molecule has 3 N–H and O–H groups in total. The monoisotopic (exact) mass is 466 g/mol. The summed E-state index contributed by atoms with van der Waals surface area (Å²) in [5, 5.41) is -4.82. The van der Waals surface area contributed by atoms with Crippen LogP contribution < -0.4 is 10.9 Å². The second-order valence-corrected chi connectivity index (χ2v) is 7.05. The molecule has 148 valence electrons. The molecule has 0 saturated heterocycles. The fourth-order valence-electron chi connectivity index (χ4n) is 1.51. The van der Waals surface area contributed by atoms with E-state index in [1.165, 1.54) is 0 Å². The van der Waals surface area contributed by atoms with Crippen LogP contribution in [0.5, 0.6) is 0 Å². The van der Waals surface area contributed by atoms with Crippen molar-refractivity contribution in [2.45, 2.75) is 5.25 Å². The first-order valence-electron chi connectivity index (χ1n) is 7.38. The maximum Gasteiger partial charge on any atom is 0.465 e. The van der Waals surface area contributed by atoms with Crippen molar-refractivity contribution in [1.29, 1.82) is 0 Å². The number of rotatable bonds is 7. The molecule has 0 saturated carbocycles. The summed E-state index contributed by atoms with van der Waals surface area (Å²) in [6, 6.07) is 20.0. The van der Waals surface area contributed by atoms with Crippen LogP contribution in [0.2, 0.25) is 0 Å². The van der Waals surface area contributed by atoms with Gasteiger partial charge in [0.15, 0.2) is 0 Å². The number of esters is 1. The number of nitrogens with one attached hydrogen (secondary N) is 2. The smallest absolute Gasteiger partial charge is 0.459 e. The van der Waals surface area contributed by atoms with Crippen LogP contribution in [-0.4, -0.2) is 36.1 Å². The minimum Gasteiger partial charge on any atom is -0.459 e. The molecule has 0 amide bonds. The molecule has 2 rings (SSSR count). The Bertz CT molecular complexity index is 769. The normalized spacial score (nSPS) is 11.0. The van der Waals surface area contributed by atoms with Crippen LogP contribution in [0.3, 0.4) is 0 Å². The van der Waals surface area contributed by atoms with Crippen LogP contribution in [0, 0.1) is 0 Å². The van der Waals surface area contributed by atoms with E-state index < -0.39 is 27.9 Å². The van der Waals surface area contributed by atoms with Gasteiger partial charge in [-0.2, -0.15) is 17.2 Å². The molecule has 0 unspecified atom stereocenters. The minimum absolute atomic E-state index is 0.0836. The molecule has 11 heteroatoms. The van der Waals surface area contributed by atoms with Crippen molar-refractivity contribution < 1.29 is 31.3 Å². The molecule has 2 aromatic rings. The summed E-state index contributed by atoms with van der Waals surface area (Å²) in [5.74, 6) is -2.30. The number of halogens is 3. The molecule has 0 radical (unpaired) electrons. The lowest BCUT2D eigenvalue weighted by Crippen LogP contribution is -2.39. The number of anilines is 2. The Labute approximate surface area is 163 Å². The van der Waals surface area contributed by atoms with Crippen LogP contribution in [0.1, 0.15) is 0 Å². The Balaban J connectivity index is 0.000000271. The average molecular weight is 467 g/mol. The standard InChI is InChI=1S/C12H12N2.C4H5BrF2O5S/c1-3-7-11(8-4-1)13-14-12-9-5-2-6-10-12;5-1-2-12-3(8)4(6,7)13(9,10)11/h1-10,13-14H;1-2H2,(H,9,10,11). The van der Waals surface area contributed by atoms with Crippen molar-refractivity contribution in [3.63, 3.8) is 0 Å². The van der Waals surface area contributed by atoms with Crippen molar-refractivity contribution in [1.82, 2.24) is 0 Å². The van der Waals surface area contributed by atoms with Gasteiger partial charge in [0, 0.05) is 5.33 Å². The fourth-order valence-corrected chi connectivity index (χ4v) is 1.94. The summed E-state index contributed by atoms with van der Waals surface area (Å²) in [5.41, 5.74) is 8.33. The molecule has 0 aliphatic heterocycles. The Morgan fingerprint density at radius 1 is 1.00 bits per heavy atom. The SMILES string of the molecule is O=C(OCCBr)C(F)(F)S(=O)(=O)O.c1ccc(NNc2ccccc2)cc1. The summed E-state index contributed by atoms with van der Waals surface area (Å²) in [6.07, 6.45) is 0. The fraction of sp³-hybridized carbons (Fsp3) is 0.188. The van der Waals surface area contributed by atoms with Crippen LogP contribution in [0.15, 0.2) is 60.7 Å². The number of alkyl halides is 3. The molecule has 0 spiro atoms. The van der Waals surface area contributed by atoms with Gasteiger partial charge in [-0.3, -0.25) is 4.55 Å². The summed E-state index contributed by atoms with van der Waals surface area (Å²) in [6.45, 7) is -0.413. The maximum absolute atomic E-state index is 12.3. The third-order valence-electron chi connectivity index (χ3n) is 2.77. The van der Waals surface area contributed by atoms with E-state index in [1.807, 2.05) is 60.7 Å². The molecule has 27 heavy (non-hydrogen) atoms. The van der Waals surface area contributed by atoms with Gasteiger partial charge in [-0.05, 0) is 24.3 Å². The summed E-state index contributed by atoms with van der Waals surface area (Å²) in [7, 11) is -5.76. The Morgan fingerprint density at radius 3 is 1.74 bits per heavy atom. The number of hydrogen-bond acceptors (Lipinski definition) is 6. The van der Waals surface area contributed by atoms with Crippen LogP contribution in [-0.2, 0) is 19.6 Å². The van der Waals surface area contributed by atoms with Crippen LogP contribution in [0.25, 0.3) is 0 Å². The lowest BCUT2D eigenvalue weighted by molar-refractivity contribution is -0.160. The Kier molecular flexibility index (Phi) is 9.12. The first-order chi connectivity index (χ1) is 12.7. The van der Waals surface area contributed by atoms with E-state index in [0.29, 0.717) is 0 Å². The molecular weight excluding hydrogens is 450 g/mol. The summed E-state index contributed by atoms with van der Waals surface area (Å²) in [4.78, 5) is 10.3. The highest BCUT2D eigenvalue weighted by Crippen LogP contribution is 2.21. The highest BCUT2D eigenvalue weighted by molar-refractivity contribution is 9.09. The molecule has 0 heterocycles. The maximum atomic E-state index is 12.3. The number of carbonyl (C=O) groups is 1. The summed E-state index contributed by atoms with van der Waals surface area (Å²) < 4.78 is 56.3. The Morgan fingerprint density at radius 2 is 1.41 bits per heavy atom. The molecule has 0 fully saturated rings.